The van der Waals surface area contributed by atoms with Crippen LogP contribution >= 0.6 is 12.2 Å². The number of pyridine rings is 1. The zero-order valence-electron chi connectivity index (χ0n) is 12.4. The molecule has 1 saturated heterocycles. The van der Waals surface area contributed by atoms with Crippen molar-refractivity contribution in [1.29, 1.82) is 0 Å². The highest BCUT2D eigenvalue weighted by Crippen LogP contribution is 2.16. The number of nitrogens with one attached hydrogen (secondary N) is 1. The highest BCUT2D eigenvalue weighted by Gasteiger charge is 2.24. The van der Waals surface area contributed by atoms with E-state index < -0.39 is 0 Å². The van der Waals surface area contributed by atoms with Gasteiger partial charge in [-0.2, -0.15) is 5.10 Å². The Hall–Kier alpha value is -1.57. The highest BCUT2D eigenvalue weighted by molar-refractivity contribution is 7.71. The number of likely N-dealkylation sites (N-methyl/N-ethyl adjacent to an activating group) is 2. The summed E-state index contributed by atoms with van der Waals surface area (Å²) in [6, 6.07) is 6.25. The lowest BCUT2D eigenvalue weighted by atomic mass is 10.2. The van der Waals surface area contributed by atoms with E-state index in [-0.39, 0.29) is 0 Å². The number of aromatic amines is 1. The van der Waals surface area contributed by atoms with Crippen LogP contribution in [0.2, 0.25) is 0 Å². The third-order valence-electron chi connectivity index (χ3n) is 4.03. The van der Waals surface area contributed by atoms with Crippen LogP contribution in [0.4, 0.5) is 0 Å². The molecule has 7 heteroatoms. The van der Waals surface area contributed by atoms with E-state index in [1.807, 2.05) is 18.2 Å². The molecule has 0 aliphatic carbocycles. The van der Waals surface area contributed by atoms with E-state index >= 15 is 0 Å². The quantitative estimate of drug-likeness (QED) is 0.865. The lowest BCUT2D eigenvalue weighted by Gasteiger charge is -2.37. The van der Waals surface area contributed by atoms with Crippen molar-refractivity contribution in [3.8, 4) is 11.5 Å². The van der Waals surface area contributed by atoms with E-state index in [1.165, 1.54) is 0 Å². The fourth-order valence-corrected chi connectivity index (χ4v) is 2.89. The van der Waals surface area contributed by atoms with Crippen molar-refractivity contribution < 1.29 is 0 Å². The summed E-state index contributed by atoms with van der Waals surface area (Å²) >= 11 is 5.39. The first kappa shape index (κ1) is 14.4. The molecule has 0 bridgehead atoms. The second-order valence-corrected chi connectivity index (χ2v) is 5.96. The second-order valence-electron chi connectivity index (χ2n) is 5.57. The molecule has 6 nitrogen and oxygen atoms in total. The van der Waals surface area contributed by atoms with E-state index in [2.05, 4.69) is 43.6 Å². The van der Waals surface area contributed by atoms with Crippen LogP contribution in [0.25, 0.3) is 11.5 Å². The van der Waals surface area contributed by atoms with E-state index in [1.54, 1.807) is 6.20 Å². The number of nitrogens with zero attached hydrogens (tertiary/aromatic N) is 5. The Morgan fingerprint density at radius 2 is 2.19 bits per heavy atom. The lowest BCUT2D eigenvalue weighted by molar-refractivity contribution is 0.103. The van der Waals surface area contributed by atoms with Crippen LogP contribution in [0.5, 0.6) is 0 Å². The minimum atomic E-state index is 0.426. The van der Waals surface area contributed by atoms with Crippen molar-refractivity contribution in [3.63, 3.8) is 0 Å². The van der Waals surface area contributed by atoms with E-state index in [9.17, 15) is 0 Å². The standard InChI is InChI=1S/C14H20N6S/c1-18-7-8-19(2)11(9-18)10-20-13(16-17-14(20)21)12-5-3-4-6-15-12/h3-6,11H,7-10H2,1-2H3,(H,17,21). The summed E-state index contributed by atoms with van der Waals surface area (Å²) in [5.41, 5.74) is 0.844. The Labute approximate surface area is 129 Å². The predicted octanol–water partition coefficient (Wildman–Crippen LogP) is 1.25. The maximum atomic E-state index is 5.39. The molecule has 21 heavy (non-hydrogen) atoms. The third-order valence-corrected chi connectivity index (χ3v) is 4.34. The van der Waals surface area contributed by atoms with Crippen molar-refractivity contribution in [1.82, 2.24) is 29.5 Å². The van der Waals surface area contributed by atoms with Gasteiger partial charge in [0.15, 0.2) is 10.6 Å². The predicted molar refractivity (Wildman–Crippen MR) is 84.6 cm³/mol. The van der Waals surface area contributed by atoms with E-state index in [4.69, 9.17) is 12.2 Å². The largest absolute Gasteiger partial charge is 0.303 e. The molecule has 0 spiro atoms. The maximum Gasteiger partial charge on any atom is 0.195 e. The molecular formula is C14H20N6S. The molecule has 1 aliphatic heterocycles. The van der Waals surface area contributed by atoms with Crippen molar-refractivity contribution in [2.45, 2.75) is 12.6 Å². The van der Waals surface area contributed by atoms with Gasteiger partial charge in [0, 0.05) is 38.4 Å². The molecule has 1 fully saturated rings. The third kappa shape index (κ3) is 3.04. The minimum absolute atomic E-state index is 0.426. The number of aromatic nitrogens is 4. The van der Waals surface area contributed by atoms with Crippen LogP contribution < -0.4 is 0 Å². The van der Waals surface area contributed by atoms with Crippen LogP contribution in [0.3, 0.4) is 0 Å². The minimum Gasteiger partial charge on any atom is -0.303 e. The van der Waals surface area contributed by atoms with E-state index in [0.717, 1.165) is 37.7 Å². The SMILES string of the molecule is CN1CCN(C)C(Cn2c(-c3ccccn3)n[nH]c2=S)C1. The van der Waals surface area contributed by atoms with Crippen LogP contribution in [-0.2, 0) is 6.54 Å². The van der Waals surface area contributed by atoms with Gasteiger partial charge in [0.2, 0.25) is 0 Å². The second kappa shape index (κ2) is 6.05. The molecule has 0 radical (unpaired) electrons. The van der Waals surface area contributed by atoms with Crippen molar-refractivity contribution in [2.24, 2.45) is 0 Å². The van der Waals surface area contributed by atoms with Crippen LogP contribution in [0.1, 0.15) is 0 Å². The summed E-state index contributed by atoms with van der Waals surface area (Å²) in [5.74, 6) is 0.808. The smallest absolute Gasteiger partial charge is 0.195 e. The first-order valence-electron chi connectivity index (χ1n) is 7.10. The van der Waals surface area contributed by atoms with Gasteiger partial charge in [-0.3, -0.25) is 19.5 Å². The number of rotatable bonds is 3. The number of hydrogen-bond acceptors (Lipinski definition) is 5. The fourth-order valence-electron chi connectivity index (χ4n) is 2.69. The summed E-state index contributed by atoms with van der Waals surface area (Å²) in [4.78, 5) is 9.12. The Balaban J connectivity index is 1.89. The van der Waals surface area contributed by atoms with E-state index in [0.29, 0.717) is 10.8 Å². The molecule has 0 amide bonds. The summed E-state index contributed by atoms with van der Waals surface area (Å²) in [6.45, 7) is 4.04. The number of H-pyrrole nitrogens is 1. The van der Waals surface area contributed by atoms with Crippen LogP contribution in [0.15, 0.2) is 24.4 Å². The maximum absolute atomic E-state index is 5.39. The average Bonchev–Trinajstić information content (AvgIpc) is 2.85. The molecule has 1 aliphatic rings. The summed E-state index contributed by atoms with van der Waals surface area (Å²) < 4.78 is 2.70. The molecule has 3 rings (SSSR count). The summed E-state index contributed by atoms with van der Waals surface area (Å²) in [5, 5.41) is 7.24. The highest BCUT2D eigenvalue weighted by atomic mass is 32.1. The molecule has 0 saturated carbocycles. The number of hydrogen-bond donors (Lipinski definition) is 1. The van der Waals surface area contributed by atoms with Gasteiger partial charge in [0.25, 0.3) is 0 Å². The van der Waals surface area contributed by atoms with Crippen molar-refractivity contribution >= 4 is 12.2 Å². The Bertz CT molecular complexity index is 649. The van der Waals surface area contributed by atoms with Gasteiger partial charge in [0.1, 0.15) is 5.69 Å². The van der Waals surface area contributed by atoms with Gasteiger partial charge in [-0.25, -0.2) is 0 Å². The topological polar surface area (TPSA) is 53.0 Å². The van der Waals surface area contributed by atoms with Gasteiger partial charge >= 0.3 is 0 Å². The molecule has 3 heterocycles. The summed E-state index contributed by atoms with van der Waals surface area (Å²) in [6.07, 6.45) is 1.78. The molecule has 2 aromatic rings. The molecule has 1 N–H and O–H groups in total. The fraction of sp³-hybridized carbons (Fsp3) is 0.500. The number of piperazine rings is 1. The van der Waals surface area contributed by atoms with Gasteiger partial charge in [-0.1, -0.05) is 6.07 Å². The molecule has 1 unspecified atom stereocenters. The van der Waals surface area contributed by atoms with Gasteiger partial charge < -0.3 is 4.90 Å². The summed E-state index contributed by atoms with van der Waals surface area (Å²) in [7, 11) is 4.33. The first-order chi connectivity index (χ1) is 10.1. The first-order valence-corrected chi connectivity index (χ1v) is 7.51. The molecule has 112 valence electrons. The molecular weight excluding hydrogens is 284 g/mol. The monoisotopic (exact) mass is 304 g/mol. The Morgan fingerprint density at radius 1 is 1.33 bits per heavy atom. The molecule has 0 aromatic carbocycles. The molecule has 1 atom stereocenters. The zero-order valence-corrected chi connectivity index (χ0v) is 13.2. The lowest BCUT2D eigenvalue weighted by Crippen LogP contribution is -2.51. The Kier molecular flexibility index (Phi) is 4.14. The zero-order chi connectivity index (χ0) is 14.8. The van der Waals surface area contributed by atoms with Crippen LogP contribution in [-0.4, -0.2) is 69.3 Å². The van der Waals surface area contributed by atoms with Gasteiger partial charge in [-0.15, -0.1) is 0 Å². The normalized spacial score (nSPS) is 20.8. The average molecular weight is 304 g/mol. The van der Waals surface area contributed by atoms with Crippen molar-refractivity contribution in [3.05, 3.63) is 29.2 Å². The molecule has 2 aromatic heterocycles. The van der Waals surface area contributed by atoms with Gasteiger partial charge in [0.05, 0.1) is 0 Å². The van der Waals surface area contributed by atoms with Crippen molar-refractivity contribution in [2.75, 3.05) is 33.7 Å². The Morgan fingerprint density at radius 3 is 2.95 bits per heavy atom. The van der Waals surface area contributed by atoms with Gasteiger partial charge in [-0.05, 0) is 38.4 Å². The van der Waals surface area contributed by atoms with Crippen LogP contribution in [0, 0.1) is 4.77 Å².